The summed E-state index contributed by atoms with van der Waals surface area (Å²) in [5.74, 6) is -0.186. The number of aliphatic hydroxyl groups excluding tert-OH is 1. The third-order valence-electron chi connectivity index (χ3n) is 5.38. The minimum absolute atomic E-state index is 0.186. The molecular formula is C22H22IN3O3. The third-order valence-corrected chi connectivity index (χ3v) is 6.05. The van der Waals surface area contributed by atoms with Crippen LogP contribution in [0.15, 0.2) is 52.3 Å². The molecule has 1 atom stereocenters. The lowest BCUT2D eigenvalue weighted by Gasteiger charge is -2.22. The van der Waals surface area contributed by atoms with E-state index in [1.54, 1.807) is 12.3 Å². The number of rotatable bonds is 5. The number of pyridine rings is 1. The van der Waals surface area contributed by atoms with Crippen LogP contribution in [0.2, 0.25) is 0 Å². The van der Waals surface area contributed by atoms with E-state index in [1.165, 1.54) is 5.56 Å². The smallest absolute Gasteiger partial charge is 0.258 e. The van der Waals surface area contributed by atoms with Crippen molar-refractivity contribution >= 4 is 45.3 Å². The molecule has 1 unspecified atom stereocenters. The van der Waals surface area contributed by atoms with Crippen molar-refractivity contribution in [1.29, 1.82) is 0 Å². The molecule has 3 aromatic rings. The molecule has 7 heteroatoms. The number of nitrogens with one attached hydrogen (secondary N) is 1. The molecule has 2 heterocycles. The Labute approximate surface area is 182 Å². The number of aromatic nitrogens is 1. The van der Waals surface area contributed by atoms with Crippen molar-refractivity contribution < 1.29 is 10.2 Å². The van der Waals surface area contributed by atoms with Crippen molar-refractivity contribution in [3.8, 4) is 5.88 Å². The monoisotopic (exact) mass is 503 g/mol. The van der Waals surface area contributed by atoms with Crippen molar-refractivity contribution in [2.75, 3.05) is 13.2 Å². The van der Waals surface area contributed by atoms with E-state index in [4.69, 9.17) is 0 Å². The zero-order valence-corrected chi connectivity index (χ0v) is 18.0. The van der Waals surface area contributed by atoms with Crippen LogP contribution >= 0.6 is 22.6 Å². The maximum absolute atomic E-state index is 12.1. The van der Waals surface area contributed by atoms with Crippen LogP contribution in [0.4, 0.5) is 5.69 Å². The highest BCUT2D eigenvalue weighted by atomic mass is 127. The minimum atomic E-state index is -0.321. The van der Waals surface area contributed by atoms with E-state index in [-0.39, 0.29) is 24.1 Å². The van der Waals surface area contributed by atoms with Crippen LogP contribution in [0.3, 0.4) is 0 Å². The normalized spacial score (nSPS) is 17.5. The Kier molecular flexibility index (Phi) is 5.98. The molecule has 0 radical (unpaired) electrons. The zero-order valence-electron chi connectivity index (χ0n) is 15.8. The maximum Gasteiger partial charge on any atom is 0.258 e. The summed E-state index contributed by atoms with van der Waals surface area (Å²) < 4.78 is 0.974. The van der Waals surface area contributed by atoms with E-state index in [0.29, 0.717) is 16.3 Å². The Bertz CT molecular complexity index is 1110. The Morgan fingerprint density at radius 3 is 2.76 bits per heavy atom. The van der Waals surface area contributed by atoms with Crippen LogP contribution in [0.25, 0.3) is 10.8 Å². The van der Waals surface area contributed by atoms with Crippen LogP contribution in [-0.4, -0.2) is 45.5 Å². The van der Waals surface area contributed by atoms with Gasteiger partial charge in [-0.1, -0.05) is 12.1 Å². The van der Waals surface area contributed by atoms with Gasteiger partial charge in [-0.2, -0.15) is 0 Å². The molecule has 0 bridgehead atoms. The summed E-state index contributed by atoms with van der Waals surface area (Å²) in [5, 5.41) is 20.9. The molecule has 0 aliphatic carbocycles. The van der Waals surface area contributed by atoms with Gasteiger partial charge in [0.15, 0.2) is 0 Å². The molecule has 0 spiro atoms. The van der Waals surface area contributed by atoms with E-state index in [2.05, 4.69) is 37.5 Å². The lowest BCUT2D eigenvalue weighted by Crippen LogP contribution is -2.31. The number of likely N-dealkylation sites (tertiary alicyclic amines) is 1. The molecule has 150 valence electrons. The summed E-state index contributed by atoms with van der Waals surface area (Å²) in [5.41, 5.74) is 2.11. The summed E-state index contributed by atoms with van der Waals surface area (Å²) in [7, 11) is 0. The first-order valence-corrected chi connectivity index (χ1v) is 10.7. The van der Waals surface area contributed by atoms with Crippen molar-refractivity contribution in [3.63, 3.8) is 0 Å². The molecule has 2 aromatic carbocycles. The first kappa shape index (κ1) is 20.1. The van der Waals surface area contributed by atoms with Crippen LogP contribution in [0.1, 0.15) is 24.0 Å². The second kappa shape index (κ2) is 8.64. The third kappa shape index (κ3) is 4.36. The van der Waals surface area contributed by atoms with Crippen molar-refractivity contribution in [2.24, 2.45) is 4.99 Å². The molecule has 4 rings (SSSR count). The van der Waals surface area contributed by atoms with Gasteiger partial charge in [0.2, 0.25) is 5.88 Å². The Morgan fingerprint density at radius 1 is 1.21 bits per heavy atom. The van der Waals surface area contributed by atoms with Crippen LogP contribution < -0.4 is 5.56 Å². The number of aliphatic hydroxyl groups is 1. The van der Waals surface area contributed by atoms with Gasteiger partial charge >= 0.3 is 0 Å². The lowest BCUT2D eigenvalue weighted by atomic mass is 10.1. The number of H-pyrrole nitrogens is 1. The SMILES string of the molecule is O=c1[nH]c(O)c(C=Nc2ccc(CN3CCCC3CO)cc2)c2cc(I)ccc12. The van der Waals surface area contributed by atoms with E-state index >= 15 is 0 Å². The average molecular weight is 503 g/mol. The fraction of sp³-hybridized carbons (Fsp3) is 0.273. The Balaban J connectivity index is 1.57. The summed E-state index contributed by atoms with van der Waals surface area (Å²) in [4.78, 5) is 21.4. The van der Waals surface area contributed by atoms with Gasteiger partial charge in [-0.15, -0.1) is 0 Å². The van der Waals surface area contributed by atoms with Gasteiger partial charge in [0.1, 0.15) is 0 Å². The molecule has 1 aliphatic heterocycles. The number of hydrogen-bond acceptors (Lipinski definition) is 5. The molecule has 29 heavy (non-hydrogen) atoms. The van der Waals surface area contributed by atoms with E-state index in [9.17, 15) is 15.0 Å². The number of fused-ring (bicyclic) bond motifs is 1. The topological polar surface area (TPSA) is 88.9 Å². The number of nitrogens with zero attached hydrogens (tertiary/aromatic N) is 2. The molecule has 0 saturated carbocycles. The number of aromatic hydroxyl groups is 1. The highest BCUT2D eigenvalue weighted by Gasteiger charge is 2.23. The molecule has 6 nitrogen and oxygen atoms in total. The fourth-order valence-electron chi connectivity index (χ4n) is 3.81. The number of benzene rings is 2. The highest BCUT2D eigenvalue weighted by Crippen LogP contribution is 2.24. The number of aliphatic imine (C=N–C) groups is 1. The molecule has 1 saturated heterocycles. The number of halogens is 1. The van der Waals surface area contributed by atoms with E-state index in [0.717, 1.165) is 35.2 Å². The van der Waals surface area contributed by atoms with Crippen LogP contribution in [0, 0.1) is 3.57 Å². The fourth-order valence-corrected chi connectivity index (χ4v) is 4.30. The summed E-state index contributed by atoms with van der Waals surface area (Å²) in [6, 6.07) is 13.7. The maximum atomic E-state index is 12.1. The standard InChI is InChI=1S/C22H22IN3O3/c23-15-5-8-18-19(10-15)20(22(29)25-21(18)28)11-24-16-6-3-14(4-7-16)12-26-9-1-2-17(26)13-27/h3-8,10-11,17,27H,1-2,9,12-13H2,(H2,25,28,29). The van der Waals surface area contributed by atoms with Crippen LogP contribution in [0.5, 0.6) is 5.88 Å². The van der Waals surface area contributed by atoms with Gasteiger partial charge in [-0.3, -0.25) is 19.7 Å². The number of aromatic amines is 1. The predicted molar refractivity (Wildman–Crippen MR) is 123 cm³/mol. The van der Waals surface area contributed by atoms with Crippen molar-refractivity contribution in [1.82, 2.24) is 9.88 Å². The van der Waals surface area contributed by atoms with Gasteiger partial charge in [0.25, 0.3) is 5.56 Å². The number of hydrogen-bond donors (Lipinski definition) is 3. The highest BCUT2D eigenvalue weighted by molar-refractivity contribution is 14.1. The summed E-state index contributed by atoms with van der Waals surface area (Å²) in [6.07, 6.45) is 3.76. The average Bonchev–Trinajstić information content (AvgIpc) is 3.16. The zero-order chi connectivity index (χ0) is 20.4. The Morgan fingerprint density at radius 2 is 2.00 bits per heavy atom. The summed E-state index contributed by atoms with van der Waals surface area (Å²) >= 11 is 2.18. The second-order valence-corrected chi connectivity index (χ2v) is 8.53. The molecule has 1 fully saturated rings. The van der Waals surface area contributed by atoms with Crippen LogP contribution in [-0.2, 0) is 6.54 Å². The van der Waals surface area contributed by atoms with Gasteiger partial charge in [-0.25, -0.2) is 0 Å². The van der Waals surface area contributed by atoms with Gasteiger partial charge in [0.05, 0.1) is 17.9 Å². The quantitative estimate of drug-likeness (QED) is 0.367. The largest absolute Gasteiger partial charge is 0.494 e. The second-order valence-electron chi connectivity index (χ2n) is 7.28. The van der Waals surface area contributed by atoms with Gasteiger partial charge in [-0.05, 0) is 77.9 Å². The summed E-state index contributed by atoms with van der Waals surface area (Å²) in [6.45, 7) is 2.04. The molecule has 1 aliphatic rings. The first-order valence-electron chi connectivity index (χ1n) is 9.57. The Hall–Kier alpha value is -2.23. The molecular weight excluding hydrogens is 481 g/mol. The van der Waals surface area contributed by atoms with Gasteiger partial charge in [0, 0.05) is 33.1 Å². The van der Waals surface area contributed by atoms with E-state index in [1.807, 2.05) is 36.4 Å². The van der Waals surface area contributed by atoms with E-state index < -0.39 is 0 Å². The predicted octanol–water partition coefficient (Wildman–Crippen LogP) is 3.55. The molecule has 0 amide bonds. The van der Waals surface area contributed by atoms with Crippen molar-refractivity contribution in [3.05, 3.63) is 67.5 Å². The lowest BCUT2D eigenvalue weighted by molar-refractivity contribution is 0.153. The van der Waals surface area contributed by atoms with Crippen molar-refractivity contribution in [2.45, 2.75) is 25.4 Å². The molecule has 3 N–H and O–H groups in total. The van der Waals surface area contributed by atoms with Gasteiger partial charge < -0.3 is 10.2 Å². The minimum Gasteiger partial charge on any atom is -0.494 e. The first-order chi connectivity index (χ1) is 14.0. The molecule has 1 aromatic heterocycles.